The summed E-state index contributed by atoms with van der Waals surface area (Å²) in [5, 5.41) is 36.7. The van der Waals surface area contributed by atoms with Gasteiger partial charge in [-0.15, -0.1) is 5.11 Å². The fraction of sp³-hybridized carbons (Fsp3) is 0.217. The molecule has 0 fully saturated rings. The highest BCUT2D eigenvalue weighted by Gasteiger charge is 2.39. The minimum atomic E-state index is -0.719. The minimum absolute atomic E-state index is 0.138. The summed E-state index contributed by atoms with van der Waals surface area (Å²) in [4.78, 5) is 38.4. The molecule has 9 nitrogen and oxygen atoms in total. The minimum Gasteiger partial charge on any atom is -0.493 e. The Labute approximate surface area is 182 Å². The lowest BCUT2D eigenvalue weighted by Gasteiger charge is -2.28. The van der Waals surface area contributed by atoms with Crippen LogP contribution in [-0.4, -0.2) is 33.0 Å². The number of hydrogen-bond donors (Lipinski definition) is 2. The van der Waals surface area contributed by atoms with Crippen LogP contribution < -0.4 is 5.56 Å². The topological polar surface area (TPSA) is 145 Å². The van der Waals surface area contributed by atoms with Gasteiger partial charge < -0.3 is 10.2 Å². The summed E-state index contributed by atoms with van der Waals surface area (Å²) in [6, 6.07) is 6.30. The molecular formula is C23H18N4O5. The van der Waals surface area contributed by atoms with Crippen LogP contribution in [0.4, 0.5) is 11.4 Å². The maximum atomic E-state index is 12.9. The second-order valence-electron chi connectivity index (χ2n) is 7.44. The molecule has 1 aromatic carbocycles. The first-order valence-electron chi connectivity index (χ1n) is 9.85. The van der Waals surface area contributed by atoms with Crippen molar-refractivity contribution in [2.24, 2.45) is 22.1 Å². The summed E-state index contributed by atoms with van der Waals surface area (Å²) >= 11 is 0. The molecule has 0 bridgehead atoms. The molecule has 0 radical (unpaired) electrons. The number of hydrogen-bond acceptors (Lipinski definition) is 8. The van der Waals surface area contributed by atoms with Gasteiger partial charge in [0.1, 0.15) is 11.6 Å². The SMILES string of the molecule is Cc1c(C#N)c(O)n(CCO)c(=O)c1N=Nc1ccc2c(c1)C(=O)C1C=CC=CC1C2=O. The maximum absolute atomic E-state index is 12.9. The largest absolute Gasteiger partial charge is 0.493 e. The van der Waals surface area contributed by atoms with Gasteiger partial charge in [0.15, 0.2) is 17.3 Å². The molecule has 2 atom stereocenters. The van der Waals surface area contributed by atoms with Crippen LogP contribution in [0.2, 0.25) is 0 Å². The third-order valence-corrected chi connectivity index (χ3v) is 5.63. The first-order chi connectivity index (χ1) is 15.4. The standard InChI is InChI=1S/C23H18N4O5/c1-12-18(11-24)22(31)27(8-9-28)23(32)19(12)26-25-13-6-7-16-17(10-13)21(30)15-5-3-2-4-14(15)20(16)29/h2-7,10,14-15,28,31H,8-9H2,1H3. The fourth-order valence-corrected chi connectivity index (χ4v) is 3.95. The van der Waals surface area contributed by atoms with Crippen molar-refractivity contribution in [1.29, 1.82) is 5.26 Å². The zero-order valence-corrected chi connectivity index (χ0v) is 17.0. The number of ketones is 2. The van der Waals surface area contributed by atoms with Crippen molar-refractivity contribution in [2.45, 2.75) is 13.5 Å². The van der Waals surface area contributed by atoms with Gasteiger partial charge in [0.2, 0.25) is 5.88 Å². The third kappa shape index (κ3) is 3.27. The first kappa shape index (κ1) is 21.1. The summed E-state index contributed by atoms with van der Waals surface area (Å²) in [5.41, 5.74) is -0.104. The molecule has 0 spiro atoms. The van der Waals surface area contributed by atoms with Crippen molar-refractivity contribution in [3.05, 3.63) is 75.1 Å². The van der Waals surface area contributed by atoms with E-state index in [1.165, 1.54) is 25.1 Å². The van der Waals surface area contributed by atoms with E-state index in [-0.39, 0.29) is 46.2 Å². The molecule has 0 saturated heterocycles. The Morgan fingerprint density at radius 1 is 1.06 bits per heavy atom. The number of aliphatic hydroxyl groups is 1. The molecule has 4 rings (SSSR count). The number of aliphatic hydroxyl groups excluding tert-OH is 1. The van der Waals surface area contributed by atoms with Crippen molar-refractivity contribution in [3.63, 3.8) is 0 Å². The van der Waals surface area contributed by atoms with Gasteiger partial charge in [-0.2, -0.15) is 10.4 Å². The van der Waals surface area contributed by atoms with Crippen LogP contribution in [0.15, 0.2) is 57.5 Å². The molecule has 2 aliphatic rings. The molecule has 2 N–H and O–H groups in total. The molecule has 0 aliphatic heterocycles. The number of benzene rings is 1. The van der Waals surface area contributed by atoms with Crippen LogP contribution in [0.3, 0.4) is 0 Å². The zero-order valence-electron chi connectivity index (χ0n) is 17.0. The van der Waals surface area contributed by atoms with Crippen LogP contribution >= 0.6 is 0 Å². The number of fused-ring (bicyclic) bond motifs is 2. The van der Waals surface area contributed by atoms with Crippen molar-refractivity contribution in [3.8, 4) is 11.9 Å². The van der Waals surface area contributed by atoms with Crippen molar-refractivity contribution >= 4 is 22.9 Å². The molecule has 9 heteroatoms. The number of aromatic hydroxyl groups is 1. The van der Waals surface area contributed by atoms with E-state index in [0.29, 0.717) is 5.56 Å². The molecule has 0 amide bonds. The van der Waals surface area contributed by atoms with Gasteiger partial charge in [-0.25, -0.2) is 0 Å². The van der Waals surface area contributed by atoms with E-state index in [9.17, 15) is 24.8 Å². The number of nitriles is 1. The summed E-state index contributed by atoms with van der Waals surface area (Å²) in [6.07, 6.45) is 6.91. The molecule has 1 aromatic heterocycles. The number of nitrogens with zero attached hydrogens (tertiary/aromatic N) is 4. The molecular weight excluding hydrogens is 412 g/mol. The van der Waals surface area contributed by atoms with Crippen LogP contribution in [0, 0.1) is 30.1 Å². The summed E-state index contributed by atoms with van der Waals surface area (Å²) in [5.74, 6) is -1.96. The van der Waals surface area contributed by atoms with Crippen LogP contribution in [0.25, 0.3) is 0 Å². The Morgan fingerprint density at radius 3 is 2.34 bits per heavy atom. The number of Topliss-reactive ketones (excluding diaryl/α,β-unsaturated/α-hetero) is 2. The lowest BCUT2D eigenvalue weighted by Crippen LogP contribution is -2.35. The van der Waals surface area contributed by atoms with E-state index in [2.05, 4.69) is 10.2 Å². The quantitative estimate of drug-likeness (QED) is 0.714. The number of azo groups is 1. The first-order valence-corrected chi connectivity index (χ1v) is 9.85. The van der Waals surface area contributed by atoms with E-state index in [1.807, 2.05) is 6.07 Å². The number of carbonyl (C=O) groups is 2. The second kappa shape index (κ2) is 8.17. The number of allylic oxidation sites excluding steroid dienone is 4. The Hall–Kier alpha value is -4.16. The van der Waals surface area contributed by atoms with Crippen LogP contribution in [-0.2, 0) is 6.54 Å². The second-order valence-corrected chi connectivity index (χ2v) is 7.44. The molecule has 32 heavy (non-hydrogen) atoms. The van der Waals surface area contributed by atoms with Crippen LogP contribution in [0.5, 0.6) is 5.88 Å². The van der Waals surface area contributed by atoms with Gasteiger partial charge in [-0.1, -0.05) is 24.3 Å². The highest BCUT2D eigenvalue weighted by atomic mass is 16.3. The van der Waals surface area contributed by atoms with E-state index in [0.717, 1.165) is 4.57 Å². The van der Waals surface area contributed by atoms with E-state index in [1.54, 1.807) is 24.3 Å². The molecule has 2 unspecified atom stereocenters. The Kier molecular flexibility index (Phi) is 5.38. The lowest BCUT2D eigenvalue weighted by molar-refractivity contribution is 0.0801. The predicted octanol–water partition coefficient (Wildman–Crippen LogP) is 2.88. The summed E-state index contributed by atoms with van der Waals surface area (Å²) in [7, 11) is 0. The highest BCUT2D eigenvalue weighted by Crippen LogP contribution is 2.36. The number of carbonyl (C=O) groups excluding carboxylic acids is 2. The fourth-order valence-electron chi connectivity index (χ4n) is 3.95. The van der Waals surface area contributed by atoms with Crippen LogP contribution in [0.1, 0.15) is 31.8 Å². The highest BCUT2D eigenvalue weighted by molar-refractivity contribution is 6.17. The maximum Gasteiger partial charge on any atom is 0.281 e. The van der Waals surface area contributed by atoms with Gasteiger partial charge >= 0.3 is 0 Å². The smallest absolute Gasteiger partial charge is 0.281 e. The van der Waals surface area contributed by atoms with Crippen molar-refractivity contribution in [1.82, 2.24) is 4.57 Å². The lowest BCUT2D eigenvalue weighted by atomic mass is 9.72. The average molecular weight is 430 g/mol. The van der Waals surface area contributed by atoms with Crippen molar-refractivity contribution in [2.75, 3.05) is 6.61 Å². The molecule has 1 heterocycles. The average Bonchev–Trinajstić information content (AvgIpc) is 2.80. The third-order valence-electron chi connectivity index (χ3n) is 5.63. The van der Waals surface area contributed by atoms with Crippen molar-refractivity contribution < 1.29 is 19.8 Å². The van der Waals surface area contributed by atoms with Gasteiger partial charge in [0, 0.05) is 16.7 Å². The number of pyridine rings is 1. The monoisotopic (exact) mass is 430 g/mol. The predicted molar refractivity (Wildman–Crippen MR) is 113 cm³/mol. The zero-order chi connectivity index (χ0) is 23.0. The Balaban J connectivity index is 1.77. The van der Waals surface area contributed by atoms with E-state index >= 15 is 0 Å². The van der Waals surface area contributed by atoms with Gasteiger partial charge in [0.25, 0.3) is 5.56 Å². The Morgan fingerprint density at radius 2 is 1.72 bits per heavy atom. The van der Waals surface area contributed by atoms with Gasteiger partial charge in [0.05, 0.1) is 30.7 Å². The number of rotatable bonds is 4. The van der Waals surface area contributed by atoms with E-state index in [4.69, 9.17) is 5.11 Å². The molecule has 2 aliphatic carbocycles. The normalized spacial score (nSPS) is 19.2. The number of aromatic nitrogens is 1. The molecule has 160 valence electrons. The van der Waals surface area contributed by atoms with E-state index < -0.39 is 29.9 Å². The molecule has 2 aromatic rings. The Bertz CT molecular complexity index is 1340. The summed E-state index contributed by atoms with van der Waals surface area (Å²) in [6.45, 7) is 0.808. The molecule has 0 saturated carbocycles. The van der Waals surface area contributed by atoms with Gasteiger partial charge in [-0.05, 0) is 25.1 Å². The summed E-state index contributed by atoms with van der Waals surface area (Å²) < 4.78 is 0.845. The van der Waals surface area contributed by atoms with Gasteiger partial charge in [-0.3, -0.25) is 19.0 Å².